The SMILES string of the molecule is O=C(O)CC1(CS(=O)Cc2cc(F)cc(Br)c2)CC1. The van der Waals surface area contributed by atoms with Crippen LogP contribution in [0.4, 0.5) is 4.39 Å². The number of carboxylic acid groups (broad SMARTS) is 1. The van der Waals surface area contributed by atoms with Gasteiger partial charge in [0.1, 0.15) is 5.82 Å². The maximum atomic E-state index is 13.2. The Morgan fingerprint density at radius 3 is 2.63 bits per heavy atom. The highest BCUT2D eigenvalue weighted by Crippen LogP contribution is 2.49. The fourth-order valence-corrected chi connectivity index (χ4v) is 4.37. The third-order valence-electron chi connectivity index (χ3n) is 3.20. The number of hydrogen-bond acceptors (Lipinski definition) is 2. The number of hydrogen-bond donors (Lipinski definition) is 1. The smallest absolute Gasteiger partial charge is 0.303 e. The summed E-state index contributed by atoms with van der Waals surface area (Å²) < 4.78 is 25.9. The van der Waals surface area contributed by atoms with Gasteiger partial charge in [-0.05, 0) is 42.0 Å². The molecule has 1 aliphatic carbocycles. The zero-order valence-electron chi connectivity index (χ0n) is 10.2. The normalized spacial score (nSPS) is 18.0. The molecule has 19 heavy (non-hydrogen) atoms. The van der Waals surface area contributed by atoms with Crippen LogP contribution in [0.1, 0.15) is 24.8 Å². The third-order valence-corrected chi connectivity index (χ3v) is 5.25. The first-order valence-electron chi connectivity index (χ1n) is 5.90. The van der Waals surface area contributed by atoms with E-state index in [0.29, 0.717) is 15.8 Å². The van der Waals surface area contributed by atoms with Gasteiger partial charge in [0.05, 0.1) is 6.42 Å². The van der Waals surface area contributed by atoms with Gasteiger partial charge in [0.2, 0.25) is 0 Å². The van der Waals surface area contributed by atoms with Crippen LogP contribution in [-0.2, 0) is 21.3 Å². The van der Waals surface area contributed by atoms with E-state index < -0.39 is 16.8 Å². The lowest BCUT2D eigenvalue weighted by molar-refractivity contribution is -0.138. The van der Waals surface area contributed by atoms with E-state index in [2.05, 4.69) is 15.9 Å². The van der Waals surface area contributed by atoms with Crippen molar-refractivity contribution in [2.45, 2.75) is 25.0 Å². The van der Waals surface area contributed by atoms with E-state index in [1.807, 2.05) is 0 Å². The van der Waals surface area contributed by atoms with Crippen molar-refractivity contribution in [3.05, 3.63) is 34.1 Å². The molecule has 1 N–H and O–H groups in total. The number of halogens is 2. The van der Waals surface area contributed by atoms with Crippen molar-refractivity contribution in [2.75, 3.05) is 5.75 Å². The van der Waals surface area contributed by atoms with Crippen molar-refractivity contribution >= 4 is 32.7 Å². The number of benzene rings is 1. The molecular weight excluding hydrogens is 335 g/mol. The van der Waals surface area contributed by atoms with Crippen molar-refractivity contribution in [3.63, 3.8) is 0 Å². The Bertz CT molecular complexity index is 508. The molecule has 6 heteroatoms. The molecule has 0 aliphatic heterocycles. The Morgan fingerprint density at radius 2 is 2.11 bits per heavy atom. The monoisotopic (exact) mass is 348 g/mol. The summed E-state index contributed by atoms with van der Waals surface area (Å²) >= 11 is 3.19. The van der Waals surface area contributed by atoms with Crippen molar-refractivity contribution in [1.29, 1.82) is 0 Å². The second kappa shape index (κ2) is 5.71. The van der Waals surface area contributed by atoms with Gasteiger partial charge in [-0.25, -0.2) is 4.39 Å². The van der Waals surface area contributed by atoms with E-state index in [1.54, 1.807) is 6.07 Å². The highest BCUT2D eigenvalue weighted by Gasteiger charge is 2.45. The lowest BCUT2D eigenvalue weighted by Gasteiger charge is -2.12. The molecule has 0 spiro atoms. The van der Waals surface area contributed by atoms with Crippen LogP contribution in [0.2, 0.25) is 0 Å². The van der Waals surface area contributed by atoms with Gasteiger partial charge in [-0.3, -0.25) is 9.00 Å². The molecule has 1 aromatic carbocycles. The predicted octanol–water partition coefficient (Wildman–Crippen LogP) is 3.09. The minimum atomic E-state index is -1.16. The van der Waals surface area contributed by atoms with E-state index in [9.17, 15) is 13.4 Å². The summed E-state index contributed by atoms with van der Waals surface area (Å²) in [5.41, 5.74) is 0.373. The van der Waals surface area contributed by atoms with Gasteiger partial charge in [-0.15, -0.1) is 0 Å². The van der Waals surface area contributed by atoms with Crippen molar-refractivity contribution in [1.82, 2.24) is 0 Å². The van der Waals surface area contributed by atoms with E-state index in [-0.39, 0.29) is 23.4 Å². The lowest BCUT2D eigenvalue weighted by Crippen LogP contribution is -2.17. The Balaban J connectivity index is 1.96. The van der Waals surface area contributed by atoms with E-state index in [4.69, 9.17) is 5.11 Å². The van der Waals surface area contributed by atoms with Crippen molar-refractivity contribution in [3.8, 4) is 0 Å². The Morgan fingerprint density at radius 1 is 1.42 bits per heavy atom. The van der Waals surface area contributed by atoms with Crippen LogP contribution >= 0.6 is 15.9 Å². The molecule has 104 valence electrons. The standard InChI is InChI=1S/C13H14BrFO3S/c14-10-3-9(4-11(15)5-10)7-19(18)8-13(1-2-13)6-12(16)17/h3-5H,1-2,6-8H2,(H,16,17). The number of rotatable bonds is 6. The molecule has 3 nitrogen and oxygen atoms in total. The van der Waals surface area contributed by atoms with Gasteiger partial charge >= 0.3 is 5.97 Å². The summed E-state index contributed by atoms with van der Waals surface area (Å²) in [5, 5.41) is 8.81. The highest BCUT2D eigenvalue weighted by molar-refractivity contribution is 9.10. The molecule has 0 bridgehead atoms. The summed E-state index contributed by atoms with van der Waals surface area (Å²) in [6.45, 7) is 0. The molecule has 0 amide bonds. The van der Waals surface area contributed by atoms with Crippen LogP contribution in [-0.4, -0.2) is 21.0 Å². The molecule has 0 aromatic heterocycles. The van der Waals surface area contributed by atoms with Gasteiger partial charge in [0.15, 0.2) is 0 Å². The summed E-state index contributed by atoms with van der Waals surface area (Å²) in [5.74, 6) is -0.568. The van der Waals surface area contributed by atoms with E-state index >= 15 is 0 Å². The van der Waals surface area contributed by atoms with Gasteiger partial charge in [0, 0.05) is 26.8 Å². The van der Waals surface area contributed by atoms with Gasteiger partial charge in [-0.2, -0.15) is 0 Å². The molecule has 2 rings (SSSR count). The van der Waals surface area contributed by atoms with Crippen LogP contribution in [0, 0.1) is 11.2 Å². The average molecular weight is 349 g/mol. The molecule has 1 aliphatic rings. The first kappa shape index (κ1) is 14.7. The second-order valence-electron chi connectivity index (χ2n) is 5.08. The van der Waals surface area contributed by atoms with Gasteiger partial charge in [0.25, 0.3) is 0 Å². The van der Waals surface area contributed by atoms with Crippen molar-refractivity contribution < 1.29 is 18.5 Å². The lowest BCUT2D eigenvalue weighted by atomic mass is 10.1. The summed E-state index contributed by atoms with van der Waals surface area (Å²) in [6, 6.07) is 4.44. The molecule has 0 saturated heterocycles. The zero-order chi connectivity index (χ0) is 14.0. The minimum absolute atomic E-state index is 0.0750. The molecule has 0 radical (unpaired) electrons. The molecule has 1 saturated carbocycles. The Hall–Kier alpha value is -0.750. The highest BCUT2D eigenvalue weighted by atomic mass is 79.9. The quantitative estimate of drug-likeness (QED) is 0.859. The second-order valence-corrected chi connectivity index (χ2v) is 7.45. The van der Waals surface area contributed by atoms with Crippen LogP contribution in [0.15, 0.2) is 22.7 Å². The topological polar surface area (TPSA) is 54.4 Å². The van der Waals surface area contributed by atoms with Crippen LogP contribution < -0.4 is 0 Å². The molecular formula is C13H14BrFO3S. The number of carboxylic acids is 1. The first-order chi connectivity index (χ1) is 8.88. The van der Waals surface area contributed by atoms with E-state index in [0.717, 1.165) is 12.8 Å². The Kier molecular flexibility index (Phi) is 4.40. The Labute approximate surface area is 121 Å². The van der Waals surface area contributed by atoms with Crippen LogP contribution in [0.25, 0.3) is 0 Å². The molecule has 1 unspecified atom stereocenters. The van der Waals surface area contributed by atoms with Crippen LogP contribution in [0.3, 0.4) is 0 Å². The van der Waals surface area contributed by atoms with Gasteiger partial charge < -0.3 is 5.11 Å². The molecule has 1 aromatic rings. The minimum Gasteiger partial charge on any atom is -0.481 e. The fourth-order valence-electron chi connectivity index (χ4n) is 2.14. The summed E-state index contributed by atoms with van der Waals surface area (Å²) in [7, 11) is -1.16. The molecule has 1 fully saturated rings. The molecule has 1 atom stereocenters. The fraction of sp³-hybridized carbons (Fsp3) is 0.462. The van der Waals surface area contributed by atoms with Gasteiger partial charge in [-0.1, -0.05) is 15.9 Å². The zero-order valence-corrected chi connectivity index (χ0v) is 12.6. The van der Waals surface area contributed by atoms with E-state index in [1.165, 1.54) is 12.1 Å². The number of aliphatic carboxylic acids is 1. The summed E-state index contributed by atoms with van der Waals surface area (Å²) in [4.78, 5) is 10.7. The number of carbonyl (C=O) groups is 1. The average Bonchev–Trinajstić information content (AvgIpc) is 2.93. The predicted molar refractivity (Wildman–Crippen MR) is 74.7 cm³/mol. The molecule has 0 heterocycles. The van der Waals surface area contributed by atoms with Crippen LogP contribution in [0.5, 0.6) is 0 Å². The third kappa shape index (κ3) is 4.38. The largest absolute Gasteiger partial charge is 0.481 e. The summed E-state index contributed by atoms with van der Waals surface area (Å²) in [6.07, 6.45) is 1.71. The first-order valence-corrected chi connectivity index (χ1v) is 8.18. The maximum absolute atomic E-state index is 13.2. The van der Waals surface area contributed by atoms with Crippen molar-refractivity contribution in [2.24, 2.45) is 5.41 Å². The maximum Gasteiger partial charge on any atom is 0.303 e.